The molecule has 0 aliphatic carbocycles. The molecule has 0 aliphatic heterocycles. The Labute approximate surface area is 125 Å². The van der Waals surface area contributed by atoms with Gasteiger partial charge in [-0.25, -0.2) is 4.79 Å². The lowest BCUT2D eigenvalue weighted by Crippen LogP contribution is -2.33. The molecule has 2 atom stereocenters. The van der Waals surface area contributed by atoms with Crippen LogP contribution in [0.3, 0.4) is 0 Å². The van der Waals surface area contributed by atoms with Gasteiger partial charge in [-0.1, -0.05) is 50.8 Å². The van der Waals surface area contributed by atoms with Crippen LogP contribution in [0, 0.1) is 5.92 Å². The maximum absolute atomic E-state index is 11.6. The zero-order valence-corrected chi connectivity index (χ0v) is 12.9. The molecule has 0 heterocycles. The summed E-state index contributed by atoms with van der Waals surface area (Å²) in [5.41, 5.74) is -0.960. The fourth-order valence-corrected chi connectivity index (χ4v) is 3.03. The van der Waals surface area contributed by atoms with Gasteiger partial charge >= 0.3 is 16.1 Å². The van der Waals surface area contributed by atoms with Crippen LogP contribution in [0.25, 0.3) is 0 Å². The van der Waals surface area contributed by atoms with Crippen LogP contribution in [0.1, 0.15) is 31.7 Å². The van der Waals surface area contributed by atoms with Crippen LogP contribution < -0.4 is 0 Å². The molecule has 2 unspecified atom stereocenters. The highest BCUT2D eigenvalue weighted by Gasteiger charge is 2.36. The first-order chi connectivity index (χ1) is 9.75. The van der Waals surface area contributed by atoms with Crippen molar-refractivity contribution in [1.82, 2.24) is 0 Å². The zero-order chi connectivity index (χ0) is 16.0. The summed E-state index contributed by atoms with van der Waals surface area (Å²) in [6.45, 7) is 7.08. The second kappa shape index (κ2) is 7.38. The van der Waals surface area contributed by atoms with Gasteiger partial charge in [-0.05, 0) is 17.9 Å². The van der Waals surface area contributed by atoms with Crippen LogP contribution in [0.5, 0.6) is 0 Å². The third-order valence-electron chi connectivity index (χ3n) is 2.97. The largest absolute Gasteiger partial charge is 0.439 e. The smallest absolute Gasteiger partial charge is 0.331 e. The molecule has 1 rings (SSSR count). The molecule has 0 bridgehead atoms. The highest BCUT2D eigenvalue weighted by Crippen LogP contribution is 2.31. The SMILES string of the molecule is C=CC(=O)OC(C(CC(C)C)c1ccccc1)S(=O)(=O)O. The van der Waals surface area contributed by atoms with Crippen LogP contribution in [0.2, 0.25) is 0 Å². The minimum atomic E-state index is -4.55. The van der Waals surface area contributed by atoms with Gasteiger partial charge in [-0.3, -0.25) is 4.55 Å². The Morgan fingerprint density at radius 3 is 2.33 bits per heavy atom. The van der Waals surface area contributed by atoms with Crippen molar-refractivity contribution in [2.75, 3.05) is 0 Å². The molecule has 0 radical (unpaired) electrons. The second-order valence-corrected chi connectivity index (χ2v) is 6.67. The van der Waals surface area contributed by atoms with Crippen LogP contribution in [-0.4, -0.2) is 24.4 Å². The van der Waals surface area contributed by atoms with Crippen molar-refractivity contribution in [3.63, 3.8) is 0 Å². The van der Waals surface area contributed by atoms with Crippen molar-refractivity contribution in [2.24, 2.45) is 5.92 Å². The predicted octanol–water partition coefficient (Wildman–Crippen LogP) is 2.76. The summed E-state index contributed by atoms with van der Waals surface area (Å²) in [6, 6.07) is 8.81. The number of ether oxygens (including phenoxy) is 1. The first-order valence-electron chi connectivity index (χ1n) is 6.60. The van der Waals surface area contributed by atoms with E-state index in [1.807, 2.05) is 13.8 Å². The minimum absolute atomic E-state index is 0.155. The van der Waals surface area contributed by atoms with Crippen molar-refractivity contribution in [3.8, 4) is 0 Å². The van der Waals surface area contributed by atoms with Gasteiger partial charge in [0.1, 0.15) is 0 Å². The minimum Gasteiger partial charge on any atom is -0.439 e. The molecule has 0 amide bonds. The monoisotopic (exact) mass is 312 g/mol. The third-order valence-corrected chi connectivity index (χ3v) is 3.99. The summed E-state index contributed by atoms with van der Waals surface area (Å²) in [6.07, 6.45) is 1.31. The Kier molecular flexibility index (Phi) is 6.11. The number of hydrogen-bond acceptors (Lipinski definition) is 4. The number of hydrogen-bond donors (Lipinski definition) is 1. The lowest BCUT2D eigenvalue weighted by molar-refractivity contribution is -0.140. The Morgan fingerprint density at radius 1 is 1.33 bits per heavy atom. The van der Waals surface area contributed by atoms with Crippen molar-refractivity contribution in [2.45, 2.75) is 31.6 Å². The molecule has 6 heteroatoms. The second-order valence-electron chi connectivity index (χ2n) is 5.17. The van der Waals surface area contributed by atoms with Crippen LogP contribution >= 0.6 is 0 Å². The highest BCUT2D eigenvalue weighted by molar-refractivity contribution is 7.86. The van der Waals surface area contributed by atoms with E-state index < -0.39 is 27.4 Å². The molecular formula is C15H20O5S. The fourth-order valence-electron chi connectivity index (χ4n) is 2.13. The van der Waals surface area contributed by atoms with Crippen LogP contribution in [-0.2, 0) is 19.6 Å². The molecule has 116 valence electrons. The quantitative estimate of drug-likeness (QED) is 0.475. The first kappa shape index (κ1) is 17.4. The van der Waals surface area contributed by atoms with Crippen molar-refractivity contribution >= 4 is 16.1 Å². The molecule has 0 fully saturated rings. The van der Waals surface area contributed by atoms with Gasteiger partial charge in [0, 0.05) is 12.0 Å². The fraction of sp³-hybridized carbons (Fsp3) is 0.400. The van der Waals surface area contributed by atoms with Gasteiger partial charge in [-0.15, -0.1) is 0 Å². The van der Waals surface area contributed by atoms with Gasteiger partial charge in [0.05, 0.1) is 0 Å². The molecule has 0 saturated carbocycles. The topological polar surface area (TPSA) is 80.7 Å². The van der Waals surface area contributed by atoms with E-state index in [0.29, 0.717) is 12.0 Å². The Balaban J connectivity index is 3.23. The molecule has 1 N–H and O–H groups in total. The highest BCUT2D eigenvalue weighted by atomic mass is 32.2. The average Bonchev–Trinajstić information content (AvgIpc) is 2.41. The molecule has 5 nitrogen and oxygen atoms in total. The maximum atomic E-state index is 11.6. The van der Waals surface area contributed by atoms with E-state index in [4.69, 9.17) is 4.74 Å². The lowest BCUT2D eigenvalue weighted by atomic mass is 9.91. The molecule has 21 heavy (non-hydrogen) atoms. The standard InChI is InChI=1S/C15H20O5S/c1-4-14(16)20-15(21(17,18)19)13(10-11(2)3)12-8-6-5-7-9-12/h4-9,11,13,15H,1,10H2,2-3H3,(H,17,18,19). The van der Waals surface area contributed by atoms with Gasteiger partial charge in [0.15, 0.2) is 0 Å². The lowest BCUT2D eigenvalue weighted by Gasteiger charge is -2.26. The number of carbonyl (C=O) groups excluding carboxylic acids is 1. The summed E-state index contributed by atoms with van der Waals surface area (Å²) < 4.78 is 37.6. The normalized spacial score (nSPS) is 14.5. The van der Waals surface area contributed by atoms with E-state index in [1.165, 1.54) is 0 Å². The number of rotatable bonds is 7. The molecule has 0 saturated heterocycles. The van der Waals surface area contributed by atoms with E-state index in [-0.39, 0.29) is 5.92 Å². The van der Waals surface area contributed by atoms with E-state index in [9.17, 15) is 17.8 Å². The number of carbonyl (C=O) groups is 1. The average molecular weight is 312 g/mol. The van der Waals surface area contributed by atoms with E-state index in [0.717, 1.165) is 6.08 Å². The van der Waals surface area contributed by atoms with Gasteiger partial charge in [0.25, 0.3) is 0 Å². The molecule has 0 spiro atoms. The maximum Gasteiger partial charge on any atom is 0.331 e. The third kappa shape index (κ3) is 5.32. The Morgan fingerprint density at radius 2 is 1.90 bits per heavy atom. The van der Waals surface area contributed by atoms with Gasteiger partial charge < -0.3 is 4.74 Å². The zero-order valence-electron chi connectivity index (χ0n) is 12.1. The Bertz CT molecular complexity index is 577. The number of esters is 1. The number of benzene rings is 1. The molecule has 1 aromatic rings. The molecular weight excluding hydrogens is 292 g/mol. The van der Waals surface area contributed by atoms with E-state index >= 15 is 0 Å². The van der Waals surface area contributed by atoms with Crippen molar-refractivity contribution < 1.29 is 22.5 Å². The van der Waals surface area contributed by atoms with E-state index in [2.05, 4.69) is 6.58 Å². The summed E-state index contributed by atoms with van der Waals surface area (Å²) in [4.78, 5) is 11.4. The van der Waals surface area contributed by atoms with Crippen LogP contribution in [0.15, 0.2) is 43.0 Å². The molecule has 0 aromatic heterocycles. The summed E-state index contributed by atoms with van der Waals surface area (Å²) >= 11 is 0. The first-order valence-corrected chi connectivity index (χ1v) is 8.10. The molecule has 1 aromatic carbocycles. The summed E-state index contributed by atoms with van der Waals surface area (Å²) in [5.74, 6) is -1.38. The van der Waals surface area contributed by atoms with Crippen molar-refractivity contribution in [3.05, 3.63) is 48.6 Å². The van der Waals surface area contributed by atoms with E-state index in [1.54, 1.807) is 30.3 Å². The van der Waals surface area contributed by atoms with Gasteiger partial charge in [0.2, 0.25) is 5.44 Å². The molecule has 0 aliphatic rings. The predicted molar refractivity (Wildman–Crippen MR) is 80.3 cm³/mol. The van der Waals surface area contributed by atoms with Crippen LogP contribution in [0.4, 0.5) is 0 Å². The van der Waals surface area contributed by atoms with Gasteiger partial charge in [-0.2, -0.15) is 8.42 Å². The van der Waals surface area contributed by atoms with Crippen molar-refractivity contribution in [1.29, 1.82) is 0 Å². The Hall–Kier alpha value is -1.66. The summed E-state index contributed by atoms with van der Waals surface area (Å²) in [7, 11) is -4.55. The summed E-state index contributed by atoms with van der Waals surface area (Å²) in [5, 5.41) is 0.